The van der Waals surface area contributed by atoms with Gasteiger partial charge in [0.05, 0.1) is 17.6 Å². The van der Waals surface area contributed by atoms with E-state index in [1.54, 1.807) is 12.1 Å². The zero-order valence-electron chi connectivity index (χ0n) is 15.5. The number of aromatic nitrogens is 3. The van der Waals surface area contributed by atoms with Crippen molar-refractivity contribution in [3.05, 3.63) is 89.7 Å². The molecule has 1 heterocycles. The highest BCUT2D eigenvalue weighted by molar-refractivity contribution is 5.89. The second kappa shape index (κ2) is 8.52. The summed E-state index contributed by atoms with van der Waals surface area (Å²) in [4.78, 5) is 12.1. The Morgan fingerprint density at radius 2 is 1.69 bits per heavy atom. The molecule has 146 valence electrons. The van der Waals surface area contributed by atoms with E-state index in [-0.39, 0.29) is 19.0 Å². The highest BCUT2D eigenvalue weighted by Crippen LogP contribution is 2.14. The molecule has 0 spiro atoms. The Bertz CT molecular complexity index is 1110. The van der Waals surface area contributed by atoms with Crippen molar-refractivity contribution in [3.63, 3.8) is 0 Å². The van der Waals surface area contributed by atoms with E-state index in [9.17, 15) is 9.18 Å². The molecule has 6 nitrogen and oxygen atoms in total. The van der Waals surface area contributed by atoms with Crippen LogP contribution in [0.3, 0.4) is 0 Å². The number of carbonyl (C=O) groups is 1. The normalized spacial score (nSPS) is 10.8. The lowest BCUT2D eigenvalue weighted by atomic mass is 10.1. The van der Waals surface area contributed by atoms with Crippen LogP contribution in [0.2, 0.25) is 0 Å². The van der Waals surface area contributed by atoms with Gasteiger partial charge in [-0.2, -0.15) is 0 Å². The molecule has 4 aromatic rings. The maximum Gasteiger partial charge on any atom is 0.338 e. The Morgan fingerprint density at radius 1 is 0.931 bits per heavy atom. The molecule has 0 atom stereocenters. The van der Waals surface area contributed by atoms with Gasteiger partial charge in [0.25, 0.3) is 0 Å². The first kappa shape index (κ1) is 18.6. The van der Waals surface area contributed by atoms with Crippen molar-refractivity contribution in [1.82, 2.24) is 15.0 Å². The van der Waals surface area contributed by atoms with E-state index in [1.165, 1.54) is 24.3 Å². The standard InChI is InChI=1S/C22H18FN3O3/c23-18-9-11-19(12-10-18)28-13-14-29-22(27)17-7-5-16(6-8-17)15-26-21-4-2-1-3-20(21)24-25-26/h1-12H,13-15H2. The van der Waals surface area contributed by atoms with Gasteiger partial charge in [0.2, 0.25) is 0 Å². The average Bonchev–Trinajstić information content (AvgIpc) is 3.16. The molecule has 0 saturated heterocycles. The van der Waals surface area contributed by atoms with Gasteiger partial charge in [-0.1, -0.05) is 29.5 Å². The first-order valence-electron chi connectivity index (χ1n) is 9.12. The van der Waals surface area contributed by atoms with Gasteiger partial charge in [-0.3, -0.25) is 0 Å². The third kappa shape index (κ3) is 4.57. The quantitative estimate of drug-likeness (QED) is 0.354. The lowest BCUT2D eigenvalue weighted by Crippen LogP contribution is -2.12. The van der Waals surface area contributed by atoms with Crippen molar-refractivity contribution in [1.29, 1.82) is 0 Å². The number of halogens is 1. The van der Waals surface area contributed by atoms with Crippen LogP contribution in [0.4, 0.5) is 4.39 Å². The molecule has 4 rings (SSSR count). The van der Waals surface area contributed by atoms with Crippen molar-refractivity contribution in [3.8, 4) is 5.75 Å². The number of hydrogen-bond acceptors (Lipinski definition) is 5. The number of rotatable bonds is 7. The molecule has 0 aliphatic rings. The van der Waals surface area contributed by atoms with Gasteiger partial charge in [-0.25, -0.2) is 13.9 Å². The topological polar surface area (TPSA) is 66.2 Å². The number of esters is 1. The predicted octanol–water partition coefficient (Wildman–Crippen LogP) is 3.85. The molecule has 0 fully saturated rings. The fourth-order valence-electron chi connectivity index (χ4n) is 2.86. The Labute approximate surface area is 166 Å². The van der Waals surface area contributed by atoms with E-state index < -0.39 is 5.97 Å². The minimum absolute atomic E-state index is 0.100. The van der Waals surface area contributed by atoms with E-state index in [4.69, 9.17) is 9.47 Å². The zero-order valence-corrected chi connectivity index (χ0v) is 15.5. The van der Waals surface area contributed by atoms with E-state index >= 15 is 0 Å². The van der Waals surface area contributed by atoms with Crippen molar-refractivity contribution < 1.29 is 18.7 Å². The maximum atomic E-state index is 12.8. The summed E-state index contributed by atoms with van der Waals surface area (Å²) in [6.07, 6.45) is 0. The van der Waals surface area contributed by atoms with Gasteiger partial charge < -0.3 is 9.47 Å². The van der Waals surface area contributed by atoms with Crippen LogP contribution >= 0.6 is 0 Å². The molecule has 0 unspecified atom stereocenters. The fourth-order valence-corrected chi connectivity index (χ4v) is 2.86. The molecule has 3 aromatic carbocycles. The highest BCUT2D eigenvalue weighted by Gasteiger charge is 2.09. The fraction of sp³-hybridized carbons (Fsp3) is 0.136. The molecule has 0 saturated carbocycles. The van der Waals surface area contributed by atoms with Crippen LogP contribution in [-0.2, 0) is 11.3 Å². The summed E-state index contributed by atoms with van der Waals surface area (Å²) in [5, 5.41) is 8.31. The second-order valence-corrected chi connectivity index (χ2v) is 6.37. The van der Waals surface area contributed by atoms with Gasteiger partial charge in [0.1, 0.15) is 30.3 Å². The first-order valence-corrected chi connectivity index (χ1v) is 9.12. The first-order chi connectivity index (χ1) is 14.2. The largest absolute Gasteiger partial charge is 0.490 e. The van der Waals surface area contributed by atoms with Crippen molar-refractivity contribution in [2.75, 3.05) is 13.2 Å². The van der Waals surface area contributed by atoms with Crippen molar-refractivity contribution >= 4 is 17.0 Å². The van der Waals surface area contributed by atoms with Crippen LogP contribution < -0.4 is 4.74 Å². The van der Waals surface area contributed by atoms with Gasteiger partial charge >= 0.3 is 5.97 Å². The van der Waals surface area contributed by atoms with Gasteiger partial charge in [0, 0.05) is 0 Å². The number of benzene rings is 3. The molecular formula is C22H18FN3O3. The summed E-state index contributed by atoms with van der Waals surface area (Å²) >= 11 is 0. The molecule has 0 N–H and O–H groups in total. The molecule has 1 aromatic heterocycles. The minimum atomic E-state index is -0.425. The monoisotopic (exact) mass is 391 g/mol. The maximum absolute atomic E-state index is 12.8. The van der Waals surface area contributed by atoms with E-state index in [0.717, 1.165) is 16.6 Å². The number of hydrogen-bond donors (Lipinski definition) is 0. The average molecular weight is 391 g/mol. The van der Waals surface area contributed by atoms with Crippen LogP contribution in [0, 0.1) is 5.82 Å². The van der Waals surface area contributed by atoms with Crippen LogP contribution in [0.1, 0.15) is 15.9 Å². The molecular weight excluding hydrogens is 373 g/mol. The van der Waals surface area contributed by atoms with E-state index in [1.807, 2.05) is 41.1 Å². The van der Waals surface area contributed by atoms with Crippen LogP contribution in [-0.4, -0.2) is 34.2 Å². The number of ether oxygens (including phenoxy) is 2. The summed E-state index contributed by atoms with van der Waals surface area (Å²) in [5.74, 6) is -0.234. The van der Waals surface area contributed by atoms with E-state index in [2.05, 4.69) is 10.3 Å². The molecule has 0 bridgehead atoms. The lowest BCUT2D eigenvalue weighted by Gasteiger charge is -2.08. The summed E-state index contributed by atoms with van der Waals surface area (Å²) in [5.41, 5.74) is 3.25. The number of fused-ring (bicyclic) bond motifs is 1. The Balaban J connectivity index is 1.29. The summed E-state index contributed by atoms with van der Waals surface area (Å²) in [7, 11) is 0. The Hall–Kier alpha value is -3.74. The molecule has 0 radical (unpaired) electrons. The minimum Gasteiger partial charge on any atom is -0.490 e. The molecule has 7 heteroatoms. The molecule has 0 amide bonds. The van der Waals surface area contributed by atoms with Crippen molar-refractivity contribution in [2.45, 2.75) is 6.54 Å². The summed E-state index contributed by atoms with van der Waals surface area (Å²) in [6.45, 7) is 0.846. The smallest absolute Gasteiger partial charge is 0.338 e. The predicted molar refractivity (Wildman–Crippen MR) is 105 cm³/mol. The molecule has 0 aliphatic heterocycles. The van der Waals surface area contributed by atoms with Crippen LogP contribution in [0.5, 0.6) is 5.75 Å². The molecule has 0 aliphatic carbocycles. The van der Waals surface area contributed by atoms with Gasteiger partial charge in [-0.05, 0) is 54.1 Å². The van der Waals surface area contributed by atoms with Crippen molar-refractivity contribution in [2.24, 2.45) is 0 Å². The zero-order chi connectivity index (χ0) is 20.1. The summed E-state index contributed by atoms with van der Waals surface area (Å²) in [6, 6.07) is 20.6. The third-order valence-electron chi connectivity index (χ3n) is 4.34. The van der Waals surface area contributed by atoms with Gasteiger partial charge in [-0.15, -0.1) is 5.10 Å². The van der Waals surface area contributed by atoms with Crippen LogP contribution in [0.25, 0.3) is 11.0 Å². The second-order valence-electron chi connectivity index (χ2n) is 6.37. The Kier molecular flexibility index (Phi) is 5.47. The van der Waals surface area contributed by atoms with Crippen LogP contribution in [0.15, 0.2) is 72.8 Å². The lowest BCUT2D eigenvalue weighted by molar-refractivity contribution is 0.0450. The Morgan fingerprint density at radius 3 is 2.48 bits per heavy atom. The van der Waals surface area contributed by atoms with Gasteiger partial charge in [0.15, 0.2) is 0 Å². The third-order valence-corrected chi connectivity index (χ3v) is 4.34. The molecule has 29 heavy (non-hydrogen) atoms. The SMILES string of the molecule is O=C(OCCOc1ccc(F)cc1)c1ccc(Cn2nnc3ccccc32)cc1. The summed E-state index contributed by atoms with van der Waals surface area (Å²) < 4.78 is 25.3. The number of para-hydroxylation sites is 1. The number of nitrogens with zero attached hydrogens (tertiary/aromatic N) is 3. The highest BCUT2D eigenvalue weighted by atomic mass is 19.1. The number of carbonyl (C=O) groups excluding carboxylic acids is 1. The van der Waals surface area contributed by atoms with E-state index in [0.29, 0.717) is 17.9 Å².